The predicted octanol–water partition coefficient (Wildman–Crippen LogP) is 3.24. The smallest absolute Gasteiger partial charge is 0.262 e. The zero-order valence-corrected chi connectivity index (χ0v) is 18.8. The first-order chi connectivity index (χ1) is 15.5. The maximum absolute atomic E-state index is 12.5. The molecule has 0 unspecified atom stereocenters. The van der Waals surface area contributed by atoms with E-state index < -0.39 is 10.0 Å². The molecule has 0 atom stereocenters. The molecule has 8 nitrogen and oxygen atoms in total. The number of anilines is 2. The maximum Gasteiger partial charge on any atom is 0.262 e. The minimum Gasteiger partial charge on any atom is -0.483 e. The molecule has 1 N–H and O–H groups in total. The number of ether oxygens (including phenoxy) is 2. The van der Waals surface area contributed by atoms with Gasteiger partial charge in [-0.3, -0.25) is 9.10 Å². The third kappa shape index (κ3) is 4.89. The van der Waals surface area contributed by atoms with Crippen LogP contribution in [0.4, 0.5) is 11.4 Å². The highest BCUT2D eigenvalue weighted by molar-refractivity contribution is 7.92. The molecule has 0 aliphatic carbocycles. The summed E-state index contributed by atoms with van der Waals surface area (Å²) in [5.41, 5.74) is 2.10. The first kappa shape index (κ1) is 22.2. The summed E-state index contributed by atoms with van der Waals surface area (Å²) < 4.78 is 39.1. The monoisotopic (exact) mass is 457 g/mol. The van der Waals surface area contributed by atoms with Gasteiger partial charge in [-0.15, -0.1) is 0 Å². The Morgan fingerprint density at radius 3 is 2.78 bits per heavy atom. The topological polar surface area (TPSA) is 89.9 Å². The number of fused-ring (bicyclic) bond motifs is 1. The zero-order valence-electron chi connectivity index (χ0n) is 18.0. The highest BCUT2D eigenvalue weighted by Gasteiger charge is 2.26. The fourth-order valence-corrected chi connectivity index (χ4v) is 5.50. The Hall–Kier alpha value is -3.04. The van der Waals surface area contributed by atoms with Crippen molar-refractivity contribution in [3.05, 3.63) is 54.7 Å². The van der Waals surface area contributed by atoms with Crippen LogP contribution in [0.3, 0.4) is 0 Å². The highest BCUT2D eigenvalue weighted by atomic mass is 32.2. The fraction of sp³-hybridized carbons (Fsp3) is 0.348. The van der Waals surface area contributed by atoms with Crippen molar-refractivity contribution in [2.24, 2.45) is 0 Å². The van der Waals surface area contributed by atoms with Gasteiger partial charge in [-0.05, 0) is 49.2 Å². The van der Waals surface area contributed by atoms with E-state index in [0.29, 0.717) is 36.7 Å². The van der Waals surface area contributed by atoms with Crippen molar-refractivity contribution < 1.29 is 22.7 Å². The number of aromatic nitrogens is 1. The van der Waals surface area contributed by atoms with Crippen LogP contribution < -0.4 is 14.4 Å². The summed E-state index contributed by atoms with van der Waals surface area (Å²) in [4.78, 5) is 12.5. The van der Waals surface area contributed by atoms with Gasteiger partial charge in [0.05, 0.1) is 23.6 Å². The van der Waals surface area contributed by atoms with Crippen molar-refractivity contribution in [2.45, 2.75) is 19.4 Å². The number of hydrogen-bond acceptors (Lipinski definition) is 5. The second-order valence-corrected chi connectivity index (χ2v) is 9.69. The maximum atomic E-state index is 12.5. The summed E-state index contributed by atoms with van der Waals surface area (Å²) in [6.07, 6.45) is 3.47. The van der Waals surface area contributed by atoms with E-state index in [0.717, 1.165) is 23.9 Å². The third-order valence-corrected chi connectivity index (χ3v) is 7.31. The van der Waals surface area contributed by atoms with E-state index in [1.54, 1.807) is 31.4 Å². The van der Waals surface area contributed by atoms with Crippen molar-refractivity contribution in [1.29, 1.82) is 0 Å². The summed E-state index contributed by atoms with van der Waals surface area (Å²) in [5, 5.41) is 3.72. The van der Waals surface area contributed by atoms with Crippen molar-refractivity contribution in [3.63, 3.8) is 0 Å². The number of amides is 1. The highest BCUT2D eigenvalue weighted by Crippen LogP contribution is 2.28. The van der Waals surface area contributed by atoms with E-state index in [1.807, 2.05) is 30.5 Å². The molecule has 1 fully saturated rings. The lowest BCUT2D eigenvalue weighted by molar-refractivity contribution is -0.118. The number of benzene rings is 2. The summed E-state index contributed by atoms with van der Waals surface area (Å²) in [6.45, 7) is 1.63. The van der Waals surface area contributed by atoms with E-state index in [4.69, 9.17) is 9.47 Å². The average Bonchev–Trinajstić information content (AvgIpc) is 3.20. The molecular weight excluding hydrogens is 430 g/mol. The number of methoxy groups -OCH3 is 1. The van der Waals surface area contributed by atoms with Gasteiger partial charge in [-0.2, -0.15) is 0 Å². The van der Waals surface area contributed by atoms with Crippen LogP contribution >= 0.6 is 0 Å². The Labute approximate surface area is 187 Å². The van der Waals surface area contributed by atoms with Gasteiger partial charge in [0.1, 0.15) is 5.75 Å². The van der Waals surface area contributed by atoms with Crippen LogP contribution in [0.5, 0.6) is 5.75 Å². The summed E-state index contributed by atoms with van der Waals surface area (Å²) in [6, 6.07) is 14.6. The van der Waals surface area contributed by atoms with E-state index in [-0.39, 0.29) is 18.3 Å². The molecule has 1 amide bonds. The number of hydrogen-bond donors (Lipinski definition) is 1. The van der Waals surface area contributed by atoms with Gasteiger partial charge < -0.3 is 19.4 Å². The van der Waals surface area contributed by atoms with Gasteiger partial charge in [-0.25, -0.2) is 8.42 Å². The van der Waals surface area contributed by atoms with Gasteiger partial charge >= 0.3 is 0 Å². The molecule has 4 rings (SSSR count). The second kappa shape index (κ2) is 9.62. The molecule has 2 heterocycles. The van der Waals surface area contributed by atoms with Crippen LogP contribution in [-0.2, 0) is 26.1 Å². The summed E-state index contributed by atoms with van der Waals surface area (Å²) in [5.74, 6) is 0.456. The molecule has 1 aliphatic heterocycles. The van der Waals surface area contributed by atoms with Gasteiger partial charge in [-0.1, -0.05) is 12.1 Å². The molecule has 0 radical (unpaired) electrons. The minimum absolute atomic E-state index is 0.149. The first-order valence-corrected chi connectivity index (χ1v) is 12.2. The first-order valence-electron chi connectivity index (χ1n) is 10.6. The van der Waals surface area contributed by atoms with E-state index in [9.17, 15) is 13.2 Å². The fourth-order valence-electron chi connectivity index (χ4n) is 3.86. The number of carbonyl (C=O) groups excluding carboxylic acids is 1. The van der Waals surface area contributed by atoms with Crippen LogP contribution in [0.25, 0.3) is 10.9 Å². The Kier molecular flexibility index (Phi) is 6.66. The molecule has 1 saturated heterocycles. The molecule has 0 bridgehead atoms. The number of nitrogens with one attached hydrogen (secondary N) is 1. The molecule has 1 aromatic heterocycles. The van der Waals surface area contributed by atoms with E-state index in [2.05, 4.69) is 9.88 Å². The zero-order chi connectivity index (χ0) is 22.6. The standard InChI is InChI=1S/C23H27N3O5S/c1-30-14-13-25-12-10-20-21(25)8-5-9-22(20)31-17-23(27)24-18-6-4-7-19(16-18)26-11-2-3-15-32(26,28)29/h4-10,12,16H,2-3,11,13-15,17H2,1H3,(H,24,27). The van der Waals surface area contributed by atoms with Crippen molar-refractivity contribution in [3.8, 4) is 5.75 Å². The Balaban J connectivity index is 1.41. The lowest BCUT2D eigenvalue weighted by Crippen LogP contribution is -2.37. The molecule has 170 valence electrons. The molecular formula is C23H27N3O5S. The van der Waals surface area contributed by atoms with Gasteiger partial charge in [0, 0.05) is 37.5 Å². The van der Waals surface area contributed by atoms with Crippen LogP contribution in [0.2, 0.25) is 0 Å². The lowest BCUT2D eigenvalue weighted by Gasteiger charge is -2.28. The van der Waals surface area contributed by atoms with E-state index in [1.165, 1.54) is 4.31 Å². The lowest BCUT2D eigenvalue weighted by atomic mass is 10.2. The normalized spacial score (nSPS) is 15.6. The summed E-state index contributed by atoms with van der Waals surface area (Å²) in [7, 11) is -1.64. The second-order valence-electron chi connectivity index (χ2n) is 7.67. The minimum atomic E-state index is -3.31. The van der Waals surface area contributed by atoms with Crippen LogP contribution in [0.1, 0.15) is 12.8 Å². The van der Waals surface area contributed by atoms with Crippen molar-refractivity contribution >= 4 is 38.2 Å². The van der Waals surface area contributed by atoms with Crippen molar-refractivity contribution in [1.82, 2.24) is 4.57 Å². The van der Waals surface area contributed by atoms with E-state index >= 15 is 0 Å². The van der Waals surface area contributed by atoms with Gasteiger partial charge in [0.15, 0.2) is 6.61 Å². The Morgan fingerprint density at radius 2 is 1.97 bits per heavy atom. The molecule has 0 spiro atoms. The largest absolute Gasteiger partial charge is 0.483 e. The molecule has 3 aromatic rings. The van der Waals surface area contributed by atoms with Gasteiger partial charge in [0.25, 0.3) is 5.91 Å². The number of sulfonamides is 1. The van der Waals surface area contributed by atoms with Gasteiger partial charge in [0.2, 0.25) is 10.0 Å². The number of rotatable bonds is 8. The van der Waals surface area contributed by atoms with Crippen molar-refractivity contribution in [2.75, 3.05) is 42.2 Å². The Bertz CT molecular complexity index is 1210. The molecule has 1 aliphatic rings. The number of nitrogens with zero attached hydrogens (tertiary/aromatic N) is 2. The molecule has 0 saturated carbocycles. The molecule has 9 heteroatoms. The van der Waals surface area contributed by atoms with Crippen LogP contribution in [-0.4, -0.2) is 51.5 Å². The van der Waals surface area contributed by atoms with Crippen LogP contribution in [0, 0.1) is 0 Å². The number of carbonyl (C=O) groups is 1. The van der Waals surface area contributed by atoms with Crippen LogP contribution in [0.15, 0.2) is 54.7 Å². The SMILES string of the molecule is COCCn1ccc2c(OCC(=O)Nc3cccc(N4CCCCS4(=O)=O)c3)cccc21. The molecule has 32 heavy (non-hydrogen) atoms. The Morgan fingerprint density at radius 1 is 1.12 bits per heavy atom. The third-order valence-electron chi connectivity index (χ3n) is 5.44. The average molecular weight is 458 g/mol. The summed E-state index contributed by atoms with van der Waals surface area (Å²) >= 11 is 0. The quantitative estimate of drug-likeness (QED) is 0.561. The predicted molar refractivity (Wildman–Crippen MR) is 125 cm³/mol. The molecule has 2 aromatic carbocycles.